The summed E-state index contributed by atoms with van der Waals surface area (Å²) in [6.07, 6.45) is 9.40. The lowest BCUT2D eigenvalue weighted by Crippen LogP contribution is -2.52. The molecule has 1 aromatic heterocycles. The maximum atomic E-state index is 12.5. The smallest absolute Gasteiger partial charge is 0.289 e. The van der Waals surface area contributed by atoms with Gasteiger partial charge < -0.3 is 15.1 Å². The summed E-state index contributed by atoms with van der Waals surface area (Å²) in [5.74, 6) is -1.36. The van der Waals surface area contributed by atoms with Gasteiger partial charge in [-0.05, 0) is 62.6 Å². The number of rotatable bonds is 6. The van der Waals surface area contributed by atoms with E-state index in [1.165, 1.54) is 6.42 Å². The number of nitro benzene ring substituents is 1. The molecule has 1 unspecified atom stereocenters. The summed E-state index contributed by atoms with van der Waals surface area (Å²) < 4.78 is 0. The molecular weight excluding hydrogens is 540 g/mol. The summed E-state index contributed by atoms with van der Waals surface area (Å²) in [7, 11) is 0. The highest BCUT2D eigenvalue weighted by Crippen LogP contribution is 2.42. The van der Waals surface area contributed by atoms with Gasteiger partial charge in [-0.25, -0.2) is 9.97 Å². The summed E-state index contributed by atoms with van der Waals surface area (Å²) >= 11 is 0. The largest absolute Gasteiger partial charge is 0.371 e. The Morgan fingerprint density at radius 2 is 1.57 bits per heavy atom. The number of anilines is 2. The Labute approximate surface area is 243 Å². The molecule has 2 aromatic rings. The number of likely N-dealkylation sites (tertiary alicyclic amines) is 1. The first kappa shape index (κ1) is 28.0. The van der Waals surface area contributed by atoms with Crippen LogP contribution in [0.2, 0.25) is 0 Å². The second-order valence-corrected chi connectivity index (χ2v) is 11.9. The van der Waals surface area contributed by atoms with Crippen LogP contribution in [0.15, 0.2) is 36.7 Å². The van der Waals surface area contributed by atoms with Gasteiger partial charge in [-0.1, -0.05) is 0 Å². The van der Waals surface area contributed by atoms with Crippen LogP contribution in [0, 0.1) is 15.5 Å². The first-order valence-corrected chi connectivity index (χ1v) is 14.7. The molecule has 0 saturated carbocycles. The second-order valence-electron chi connectivity index (χ2n) is 11.9. The quantitative estimate of drug-likeness (QED) is 0.296. The first-order chi connectivity index (χ1) is 20.3. The molecule has 0 aliphatic carbocycles. The van der Waals surface area contributed by atoms with Gasteiger partial charge in [-0.3, -0.25) is 34.7 Å². The van der Waals surface area contributed by atoms with Gasteiger partial charge in [0.25, 0.3) is 11.6 Å². The number of piperidine rings is 3. The van der Waals surface area contributed by atoms with Crippen LogP contribution in [0.5, 0.6) is 0 Å². The van der Waals surface area contributed by atoms with E-state index in [1.54, 1.807) is 24.5 Å². The van der Waals surface area contributed by atoms with E-state index in [0.717, 1.165) is 76.3 Å². The number of nitro groups is 1. The van der Waals surface area contributed by atoms with Crippen LogP contribution >= 0.6 is 0 Å². The number of hydrogen-bond acceptors (Lipinski definition) is 10. The average Bonchev–Trinajstić information content (AvgIpc) is 3.42. The SMILES string of the molecule is O=C1CCC(NC(=O)c2ncc(N3CCC4(CC3)CCN(C3CCN(c5ccc([N+](=O)[O-])cc5)CC3)C4)cn2)C(=O)N1. The third-order valence-corrected chi connectivity index (χ3v) is 9.45. The Morgan fingerprint density at radius 1 is 0.929 bits per heavy atom. The molecule has 0 bridgehead atoms. The van der Waals surface area contributed by atoms with Gasteiger partial charge in [0.2, 0.25) is 17.6 Å². The summed E-state index contributed by atoms with van der Waals surface area (Å²) in [4.78, 5) is 62.2. The second kappa shape index (κ2) is 11.6. The molecule has 4 saturated heterocycles. The van der Waals surface area contributed by atoms with E-state index in [4.69, 9.17) is 0 Å². The van der Waals surface area contributed by atoms with E-state index in [9.17, 15) is 24.5 Å². The summed E-state index contributed by atoms with van der Waals surface area (Å²) in [5.41, 5.74) is 2.39. The molecule has 4 aliphatic rings. The molecule has 4 aliphatic heterocycles. The van der Waals surface area contributed by atoms with Crippen LogP contribution in [0.4, 0.5) is 17.1 Å². The Hall–Kier alpha value is -4.13. The van der Waals surface area contributed by atoms with Crippen molar-refractivity contribution in [2.75, 3.05) is 49.1 Å². The number of nitrogens with zero attached hydrogens (tertiary/aromatic N) is 6. The molecule has 0 radical (unpaired) electrons. The average molecular weight is 577 g/mol. The highest BCUT2D eigenvalue weighted by molar-refractivity contribution is 6.03. The monoisotopic (exact) mass is 576 g/mol. The van der Waals surface area contributed by atoms with E-state index >= 15 is 0 Å². The number of non-ortho nitro benzene ring substituents is 1. The van der Waals surface area contributed by atoms with Crippen molar-refractivity contribution >= 4 is 34.8 Å². The van der Waals surface area contributed by atoms with E-state index in [1.807, 2.05) is 12.1 Å². The topological polar surface area (TPSA) is 154 Å². The van der Waals surface area contributed by atoms with Gasteiger partial charge >= 0.3 is 0 Å². The zero-order valence-corrected chi connectivity index (χ0v) is 23.5. The minimum absolute atomic E-state index is 0.00277. The fourth-order valence-electron chi connectivity index (χ4n) is 6.86. The van der Waals surface area contributed by atoms with Gasteiger partial charge in [-0.2, -0.15) is 0 Å². The molecule has 6 rings (SSSR count). The zero-order chi connectivity index (χ0) is 29.3. The minimum atomic E-state index is -0.759. The minimum Gasteiger partial charge on any atom is -0.371 e. The van der Waals surface area contributed by atoms with Gasteiger partial charge in [0, 0.05) is 63.0 Å². The van der Waals surface area contributed by atoms with Crippen molar-refractivity contribution in [2.24, 2.45) is 5.41 Å². The fraction of sp³-hybridized carbons (Fsp3) is 0.552. The van der Waals surface area contributed by atoms with Crippen molar-refractivity contribution in [1.82, 2.24) is 25.5 Å². The van der Waals surface area contributed by atoms with Gasteiger partial charge in [-0.15, -0.1) is 0 Å². The molecule has 13 heteroatoms. The number of carbonyl (C=O) groups is 3. The Kier molecular flexibility index (Phi) is 7.76. The number of amides is 3. The van der Waals surface area contributed by atoms with Crippen LogP contribution in [0.3, 0.4) is 0 Å². The van der Waals surface area contributed by atoms with Crippen LogP contribution in [0.1, 0.15) is 55.6 Å². The predicted molar refractivity (Wildman–Crippen MR) is 154 cm³/mol. The van der Waals surface area contributed by atoms with Crippen LogP contribution in [-0.4, -0.2) is 88.9 Å². The normalized spacial score (nSPS) is 23.2. The number of aromatic nitrogens is 2. The lowest BCUT2D eigenvalue weighted by Gasteiger charge is -2.42. The number of hydrogen-bond donors (Lipinski definition) is 2. The lowest BCUT2D eigenvalue weighted by atomic mass is 9.77. The Bertz CT molecular complexity index is 1330. The Balaban J connectivity index is 0.965. The van der Waals surface area contributed by atoms with Gasteiger partial charge in [0.15, 0.2) is 0 Å². The predicted octanol–water partition coefficient (Wildman–Crippen LogP) is 1.88. The van der Waals surface area contributed by atoms with Crippen molar-refractivity contribution in [1.29, 1.82) is 0 Å². The third-order valence-electron chi connectivity index (χ3n) is 9.45. The third kappa shape index (κ3) is 5.91. The molecule has 2 N–H and O–H groups in total. The maximum Gasteiger partial charge on any atom is 0.289 e. The van der Waals surface area contributed by atoms with Gasteiger partial charge in [0.1, 0.15) is 6.04 Å². The maximum absolute atomic E-state index is 12.5. The van der Waals surface area contributed by atoms with Crippen LogP contribution in [0.25, 0.3) is 0 Å². The summed E-state index contributed by atoms with van der Waals surface area (Å²) in [6, 6.07) is 6.69. The van der Waals surface area contributed by atoms with E-state index in [-0.39, 0.29) is 35.2 Å². The molecule has 42 heavy (non-hydrogen) atoms. The lowest BCUT2D eigenvalue weighted by molar-refractivity contribution is -0.384. The molecule has 1 spiro atoms. The molecule has 1 aromatic carbocycles. The van der Waals surface area contributed by atoms with E-state index in [2.05, 4.69) is 35.3 Å². The molecule has 4 fully saturated rings. The fourth-order valence-corrected chi connectivity index (χ4v) is 6.86. The number of imide groups is 1. The van der Waals surface area contributed by atoms with Crippen molar-refractivity contribution in [3.8, 4) is 0 Å². The number of carbonyl (C=O) groups excluding carboxylic acids is 3. The van der Waals surface area contributed by atoms with Crippen molar-refractivity contribution in [2.45, 2.75) is 57.0 Å². The summed E-state index contributed by atoms with van der Waals surface area (Å²) in [6.45, 7) is 6.00. The number of nitrogens with one attached hydrogen (secondary N) is 2. The molecule has 13 nitrogen and oxygen atoms in total. The van der Waals surface area contributed by atoms with Crippen molar-refractivity contribution in [3.63, 3.8) is 0 Å². The van der Waals surface area contributed by atoms with Gasteiger partial charge in [0.05, 0.1) is 23.0 Å². The molecule has 222 valence electrons. The molecule has 3 amide bonds. The van der Waals surface area contributed by atoms with E-state index < -0.39 is 17.9 Å². The number of benzene rings is 1. The van der Waals surface area contributed by atoms with Crippen molar-refractivity contribution in [3.05, 3.63) is 52.6 Å². The summed E-state index contributed by atoms with van der Waals surface area (Å²) in [5, 5.41) is 15.8. The highest BCUT2D eigenvalue weighted by atomic mass is 16.6. The molecule has 5 heterocycles. The first-order valence-electron chi connectivity index (χ1n) is 14.7. The molecular formula is C29H36N8O5. The van der Waals surface area contributed by atoms with Crippen LogP contribution in [-0.2, 0) is 9.59 Å². The van der Waals surface area contributed by atoms with Crippen LogP contribution < -0.4 is 20.4 Å². The zero-order valence-electron chi connectivity index (χ0n) is 23.5. The van der Waals surface area contributed by atoms with E-state index in [0.29, 0.717) is 11.5 Å². The Morgan fingerprint density at radius 3 is 2.21 bits per heavy atom. The van der Waals surface area contributed by atoms with Crippen molar-refractivity contribution < 1.29 is 19.3 Å². The standard InChI is InChI=1S/C29H36N8O5/c38-25-6-5-24(27(39)33-25)32-28(40)26-30-17-23(18-31-26)35-14-9-29(10-15-35)11-16-36(19-29)21-7-12-34(13-8-21)20-1-3-22(4-2-20)37(41)42/h1-4,17-18,21,24H,5-16,19H2,(H,32,40)(H,33,38,39). The highest BCUT2D eigenvalue weighted by Gasteiger charge is 2.43. The molecule has 1 atom stereocenters.